The largest absolute Gasteiger partial charge is 0.665 e. The van der Waals surface area contributed by atoms with Gasteiger partial charge in [0.25, 0.3) is 5.91 Å². The zero-order chi connectivity index (χ0) is 18.0. The number of rotatable bonds is 4. The summed E-state index contributed by atoms with van der Waals surface area (Å²) >= 11 is 0. The number of amides is 1. The van der Waals surface area contributed by atoms with Gasteiger partial charge in [0.2, 0.25) is 0 Å². The SMILES string of the molecule is [CH2-]Oc1cccc(CC2OCC(=O)N2c2ccc(C(C)(C)C)cc2)c1.[Y]. The van der Waals surface area contributed by atoms with E-state index in [9.17, 15) is 4.79 Å². The summed E-state index contributed by atoms with van der Waals surface area (Å²) in [5.74, 6) is 0.681. The standard InChI is InChI=1S/C21H24NO3.Y/c1-21(2,3)16-8-10-17(11-9-16)22-19(23)14-25-20(22)13-15-6-5-7-18(12-15)24-4;/h5-12,20H,4,13-14H2,1-3H3;/q-1;. The number of carbonyl (C=O) groups is 1. The van der Waals surface area contributed by atoms with Gasteiger partial charge in [0.1, 0.15) is 12.8 Å². The fraction of sp³-hybridized carbons (Fsp3) is 0.333. The second-order valence-electron chi connectivity index (χ2n) is 7.32. The van der Waals surface area contributed by atoms with Crippen molar-refractivity contribution in [2.45, 2.75) is 38.8 Å². The predicted molar refractivity (Wildman–Crippen MR) is 98.5 cm³/mol. The maximum atomic E-state index is 12.3. The van der Waals surface area contributed by atoms with Crippen LogP contribution in [0.4, 0.5) is 5.69 Å². The molecule has 0 N–H and O–H groups in total. The van der Waals surface area contributed by atoms with Crippen molar-refractivity contribution in [2.24, 2.45) is 0 Å². The van der Waals surface area contributed by atoms with Gasteiger partial charge in [-0.1, -0.05) is 45.0 Å². The maximum absolute atomic E-state index is 12.3. The van der Waals surface area contributed by atoms with Crippen molar-refractivity contribution in [3.63, 3.8) is 0 Å². The fourth-order valence-corrected chi connectivity index (χ4v) is 3.02. The molecule has 1 heterocycles. The first-order valence-electron chi connectivity index (χ1n) is 8.43. The van der Waals surface area contributed by atoms with E-state index >= 15 is 0 Å². The summed E-state index contributed by atoms with van der Waals surface area (Å²) < 4.78 is 10.8. The van der Waals surface area contributed by atoms with Crippen LogP contribution >= 0.6 is 0 Å². The van der Waals surface area contributed by atoms with Crippen molar-refractivity contribution in [3.8, 4) is 5.75 Å². The third kappa shape index (κ3) is 4.73. The average molecular weight is 427 g/mol. The molecule has 1 saturated heterocycles. The average Bonchev–Trinajstić information content (AvgIpc) is 2.95. The molecule has 1 amide bonds. The van der Waals surface area contributed by atoms with Crippen LogP contribution in [0.2, 0.25) is 0 Å². The van der Waals surface area contributed by atoms with Crippen LogP contribution in [0.1, 0.15) is 31.9 Å². The van der Waals surface area contributed by atoms with Gasteiger partial charge >= 0.3 is 0 Å². The minimum absolute atomic E-state index is 0. The summed E-state index contributed by atoms with van der Waals surface area (Å²) in [4.78, 5) is 14.1. The zero-order valence-electron chi connectivity index (χ0n) is 15.6. The van der Waals surface area contributed by atoms with Crippen LogP contribution in [0.25, 0.3) is 0 Å². The summed E-state index contributed by atoms with van der Waals surface area (Å²) in [6, 6.07) is 15.8. The van der Waals surface area contributed by atoms with Crippen molar-refractivity contribution in [1.82, 2.24) is 0 Å². The molecular formula is C21H24NO3Y-. The third-order valence-corrected chi connectivity index (χ3v) is 4.44. The second-order valence-corrected chi connectivity index (χ2v) is 7.32. The van der Waals surface area contributed by atoms with E-state index < -0.39 is 0 Å². The molecule has 26 heavy (non-hydrogen) atoms. The summed E-state index contributed by atoms with van der Waals surface area (Å²) in [7, 11) is 3.44. The molecule has 2 aromatic carbocycles. The molecule has 3 rings (SSSR count). The smallest absolute Gasteiger partial charge is 0.255 e. The molecule has 0 aromatic heterocycles. The zero-order valence-corrected chi connectivity index (χ0v) is 18.4. The van der Waals surface area contributed by atoms with E-state index in [0.717, 1.165) is 11.3 Å². The number of anilines is 1. The molecule has 0 aliphatic carbocycles. The van der Waals surface area contributed by atoms with Crippen LogP contribution in [-0.2, 0) is 54.1 Å². The molecule has 0 saturated carbocycles. The van der Waals surface area contributed by atoms with Gasteiger partial charge in [-0.3, -0.25) is 9.69 Å². The van der Waals surface area contributed by atoms with Gasteiger partial charge in [-0.2, -0.15) is 7.11 Å². The molecule has 4 nitrogen and oxygen atoms in total. The molecule has 5 heteroatoms. The molecule has 2 aromatic rings. The molecule has 1 atom stereocenters. The van der Waals surface area contributed by atoms with E-state index in [0.29, 0.717) is 12.2 Å². The van der Waals surface area contributed by atoms with Crippen molar-refractivity contribution in [3.05, 3.63) is 66.8 Å². The van der Waals surface area contributed by atoms with Crippen molar-refractivity contribution < 1.29 is 47.0 Å². The van der Waals surface area contributed by atoms with Crippen LogP contribution in [-0.4, -0.2) is 18.7 Å². The topological polar surface area (TPSA) is 38.8 Å². The normalized spacial score (nSPS) is 17.2. The first-order chi connectivity index (χ1) is 11.9. The van der Waals surface area contributed by atoms with Gasteiger partial charge in [-0.25, -0.2) is 0 Å². The number of hydrogen-bond acceptors (Lipinski definition) is 3. The minimum atomic E-state index is -0.312. The van der Waals surface area contributed by atoms with Crippen molar-refractivity contribution in [2.75, 3.05) is 11.5 Å². The van der Waals surface area contributed by atoms with Gasteiger partial charge in [0.05, 0.1) is 5.75 Å². The van der Waals surface area contributed by atoms with E-state index in [1.54, 1.807) is 4.90 Å². The minimum Gasteiger partial charge on any atom is -0.665 e. The molecule has 1 radical (unpaired) electrons. The van der Waals surface area contributed by atoms with Gasteiger partial charge in [0, 0.05) is 44.8 Å². The Labute approximate surface area is 180 Å². The van der Waals surface area contributed by atoms with Gasteiger partial charge in [0.15, 0.2) is 0 Å². The van der Waals surface area contributed by atoms with Crippen molar-refractivity contribution >= 4 is 11.6 Å². The van der Waals surface area contributed by atoms with E-state index in [2.05, 4.69) is 40.0 Å². The van der Waals surface area contributed by atoms with Crippen LogP contribution < -0.4 is 9.64 Å². The maximum Gasteiger partial charge on any atom is 0.255 e. The quantitative estimate of drug-likeness (QED) is 0.691. The molecule has 1 unspecified atom stereocenters. The summed E-state index contributed by atoms with van der Waals surface area (Å²) in [6.07, 6.45) is 0.289. The Morgan fingerprint density at radius 2 is 1.88 bits per heavy atom. The van der Waals surface area contributed by atoms with Crippen molar-refractivity contribution in [1.29, 1.82) is 0 Å². The predicted octanol–water partition coefficient (Wildman–Crippen LogP) is 4.08. The van der Waals surface area contributed by atoms with Crippen LogP contribution in [0, 0.1) is 7.11 Å². The van der Waals surface area contributed by atoms with E-state index in [-0.39, 0.29) is 56.9 Å². The second kappa shape index (κ2) is 8.64. The Balaban J connectivity index is 0.00000243. The molecule has 0 spiro atoms. The van der Waals surface area contributed by atoms with Crippen LogP contribution in [0.15, 0.2) is 48.5 Å². The van der Waals surface area contributed by atoms with E-state index in [4.69, 9.17) is 9.47 Å². The Kier molecular flexibility index (Phi) is 7.01. The number of carbonyl (C=O) groups excluding carboxylic acids is 1. The fourth-order valence-electron chi connectivity index (χ4n) is 3.02. The van der Waals surface area contributed by atoms with Gasteiger partial charge in [-0.15, -0.1) is 0 Å². The molecule has 1 aliphatic rings. The summed E-state index contributed by atoms with van der Waals surface area (Å²) in [5.41, 5.74) is 3.22. The van der Waals surface area contributed by atoms with Gasteiger partial charge < -0.3 is 9.47 Å². The molecular weight excluding hydrogens is 403 g/mol. The summed E-state index contributed by atoms with van der Waals surface area (Å²) in [6.45, 7) is 6.63. The first-order valence-corrected chi connectivity index (χ1v) is 8.43. The number of benzene rings is 2. The number of hydrogen-bond donors (Lipinski definition) is 0. The summed E-state index contributed by atoms with van der Waals surface area (Å²) in [5, 5.41) is 0. The molecule has 1 aliphatic heterocycles. The Hall–Kier alpha value is -1.23. The monoisotopic (exact) mass is 427 g/mol. The van der Waals surface area contributed by atoms with Crippen LogP contribution in [0.5, 0.6) is 5.75 Å². The number of nitrogens with zero attached hydrogens (tertiary/aromatic N) is 1. The van der Waals surface area contributed by atoms with Gasteiger partial charge in [-0.05, 0) is 40.8 Å². The molecule has 1 fully saturated rings. The number of ether oxygens (including phenoxy) is 2. The molecule has 0 bridgehead atoms. The van der Waals surface area contributed by atoms with E-state index in [1.807, 2.05) is 36.4 Å². The van der Waals surface area contributed by atoms with Crippen LogP contribution in [0.3, 0.4) is 0 Å². The third-order valence-electron chi connectivity index (χ3n) is 4.44. The molecule has 135 valence electrons. The Morgan fingerprint density at radius 3 is 2.50 bits per heavy atom. The Bertz CT molecular complexity index is 753. The first kappa shape index (κ1) is 21.1. The van der Waals surface area contributed by atoms with E-state index in [1.165, 1.54) is 5.56 Å². The Morgan fingerprint density at radius 1 is 1.19 bits per heavy atom.